The van der Waals surface area contributed by atoms with Crippen LogP contribution in [-0.4, -0.2) is 58.7 Å². The van der Waals surface area contributed by atoms with Gasteiger partial charge in [0, 0.05) is 51.4 Å². The summed E-state index contributed by atoms with van der Waals surface area (Å²) in [5.41, 5.74) is 8.17. The first kappa shape index (κ1) is 23.0. The molecule has 4 rings (SSSR count). The van der Waals surface area contributed by atoms with Crippen molar-refractivity contribution >= 4 is 17.7 Å². The van der Waals surface area contributed by atoms with Crippen molar-refractivity contribution in [3.05, 3.63) is 65.5 Å². The number of carbonyl (C=O) groups excluding carboxylic acids is 3. The summed E-state index contributed by atoms with van der Waals surface area (Å²) in [7, 11) is 0. The Kier molecular flexibility index (Phi) is 6.77. The highest BCUT2D eigenvalue weighted by molar-refractivity contribution is 5.94. The van der Waals surface area contributed by atoms with Crippen LogP contribution in [0.4, 0.5) is 0 Å². The Morgan fingerprint density at radius 2 is 1.82 bits per heavy atom. The standard InChI is InChI=1S/C26H32N4O3/c1-19(31)30-13-5-8-22(18-30)23-9-3-2-6-20(23)16-26(25(27)33)10-14-29(15-11-26)24(32)21-7-4-12-28-17-21/h2-4,6-7,9,12,17,22H,5,8,10-11,13-16,18H2,1H3,(H2,27,33)/t22-/m1/s1. The summed E-state index contributed by atoms with van der Waals surface area (Å²) in [5, 5.41) is 0. The van der Waals surface area contributed by atoms with E-state index < -0.39 is 5.41 Å². The molecule has 174 valence electrons. The molecule has 2 saturated heterocycles. The summed E-state index contributed by atoms with van der Waals surface area (Å²) in [4.78, 5) is 45.2. The third kappa shape index (κ3) is 4.92. The molecule has 0 aliphatic carbocycles. The smallest absolute Gasteiger partial charge is 0.255 e. The summed E-state index contributed by atoms with van der Waals surface area (Å²) < 4.78 is 0. The molecule has 1 aromatic carbocycles. The predicted octanol–water partition coefficient (Wildman–Crippen LogP) is 2.76. The van der Waals surface area contributed by atoms with E-state index >= 15 is 0 Å². The Hall–Kier alpha value is -3.22. The van der Waals surface area contributed by atoms with Gasteiger partial charge < -0.3 is 15.5 Å². The van der Waals surface area contributed by atoms with Gasteiger partial charge >= 0.3 is 0 Å². The minimum atomic E-state index is -0.684. The molecule has 0 bridgehead atoms. The van der Waals surface area contributed by atoms with Crippen molar-refractivity contribution in [2.24, 2.45) is 11.1 Å². The number of aromatic nitrogens is 1. The number of benzene rings is 1. The molecule has 0 spiro atoms. The van der Waals surface area contributed by atoms with Crippen LogP contribution in [0.25, 0.3) is 0 Å². The van der Waals surface area contributed by atoms with Gasteiger partial charge in [0.15, 0.2) is 0 Å². The van der Waals surface area contributed by atoms with Crippen molar-refractivity contribution in [3.63, 3.8) is 0 Å². The number of primary amides is 1. The number of hydrogen-bond donors (Lipinski definition) is 1. The van der Waals surface area contributed by atoms with E-state index in [1.165, 1.54) is 5.56 Å². The van der Waals surface area contributed by atoms with Crippen LogP contribution in [0.3, 0.4) is 0 Å². The lowest BCUT2D eigenvalue weighted by molar-refractivity contribution is -0.130. The quantitative estimate of drug-likeness (QED) is 0.761. The van der Waals surface area contributed by atoms with E-state index in [2.05, 4.69) is 17.1 Å². The molecular formula is C26H32N4O3. The lowest BCUT2D eigenvalue weighted by atomic mass is 9.71. The first-order valence-electron chi connectivity index (χ1n) is 11.7. The Bertz CT molecular complexity index is 1020. The van der Waals surface area contributed by atoms with Crippen molar-refractivity contribution in [1.82, 2.24) is 14.8 Å². The topological polar surface area (TPSA) is 96.6 Å². The lowest BCUT2D eigenvalue weighted by Crippen LogP contribution is -2.50. The average Bonchev–Trinajstić information content (AvgIpc) is 2.85. The number of carbonyl (C=O) groups is 3. The van der Waals surface area contributed by atoms with Crippen LogP contribution in [0.1, 0.15) is 60.0 Å². The fraction of sp³-hybridized carbons (Fsp3) is 0.462. The van der Waals surface area contributed by atoms with E-state index in [4.69, 9.17) is 5.73 Å². The summed E-state index contributed by atoms with van der Waals surface area (Å²) in [6, 6.07) is 11.7. The number of nitrogens with zero attached hydrogens (tertiary/aromatic N) is 3. The molecule has 2 fully saturated rings. The molecule has 7 nitrogen and oxygen atoms in total. The molecule has 7 heteroatoms. The molecule has 3 heterocycles. The second-order valence-corrected chi connectivity index (χ2v) is 9.36. The highest BCUT2D eigenvalue weighted by Gasteiger charge is 2.42. The Morgan fingerprint density at radius 3 is 2.48 bits per heavy atom. The zero-order valence-electron chi connectivity index (χ0n) is 19.2. The van der Waals surface area contributed by atoms with Gasteiger partial charge in [-0.3, -0.25) is 19.4 Å². The third-order valence-electron chi connectivity index (χ3n) is 7.33. The number of rotatable bonds is 5. The fourth-order valence-electron chi connectivity index (χ4n) is 5.29. The number of nitrogens with two attached hydrogens (primary N) is 1. The number of pyridine rings is 1. The third-order valence-corrected chi connectivity index (χ3v) is 7.33. The van der Waals surface area contributed by atoms with Gasteiger partial charge in [0.25, 0.3) is 5.91 Å². The zero-order chi connectivity index (χ0) is 23.4. The number of likely N-dealkylation sites (tertiary alicyclic amines) is 2. The molecule has 2 aliphatic heterocycles. The van der Waals surface area contributed by atoms with Crippen molar-refractivity contribution < 1.29 is 14.4 Å². The molecular weight excluding hydrogens is 416 g/mol. The van der Waals surface area contributed by atoms with E-state index in [0.29, 0.717) is 44.5 Å². The molecule has 1 atom stereocenters. The van der Waals surface area contributed by atoms with Crippen molar-refractivity contribution in [2.75, 3.05) is 26.2 Å². The normalized spacial score (nSPS) is 20.3. The van der Waals surface area contributed by atoms with Gasteiger partial charge in [-0.25, -0.2) is 0 Å². The van der Waals surface area contributed by atoms with Crippen molar-refractivity contribution in [2.45, 2.75) is 44.9 Å². The summed E-state index contributed by atoms with van der Waals surface area (Å²) >= 11 is 0. The lowest BCUT2D eigenvalue weighted by Gasteiger charge is -2.40. The molecule has 2 N–H and O–H groups in total. The van der Waals surface area contributed by atoms with Gasteiger partial charge in [-0.15, -0.1) is 0 Å². The first-order valence-corrected chi connectivity index (χ1v) is 11.7. The molecule has 3 amide bonds. The van der Waals surface area contributed by atoms with Gasteiger partial charge in [0.2, 0.25) is 11.8 Å². The van der Waals surface area contributed by atoms with Crippen LogP contribution in [0.15, 0.2) is 48.8 Å². The predicted molar refractivity (Wildman–Crippen MR) is 125 cm³/mol. The maximum atomic E-state index is 12.8. The maximum absolute atomic E-state index is 12.8. The van der Waals surface area contributed by atoms with Crippen LogP contribution < -0.4 is 5.73 Å². The Morgan fingerprint density at radius 1 is 1.06 bits per heavy atom. The Labute approximate surface area is 195 Å². The van der Waals surface area contributed by atoms with Crippen LogP contribution in [-0.2, 0) is 16.0 Å². The number of amides is 3. The van der Waals surface area contributed by atoms with Gasteiger partial charge in [-0.05, 0) is 55.4 Å². The molecule has 0 saturated carbocycles. The summed E-state index contributed by atoms with van der Waals surface area (Å²) in [6.45, 7) is 4.11. The maximum Gasteiger partial charge on any atom is 0.255 e. The van der Waals surface area contributed by atoms with E-state index in [0.717, 1.165) is 24.9 Å². The van der Waals surface area contributed by atoms with Crippen molar-refractivity contribution in [1.29, 1.82) is 0 Å². The van der Waals surface area contributed by atoms with E-state index in [1.807, 2.05) is 17.0 Å². The second-order valence-electron chi connectivity index (χ2n) is 9.36. The summed E-state index contributed by atoms with van der Waals surface area (Å²) in [5.74, 6) is 0.000327. The van der Waals surface area contributed by atoms with Crippen LogP contribution >= 0.6 is 0 Å². The van der Waals surface area contributed by atoms with Gasteiger partial charge in [0.1, 0.15) is 0 Å². The summed E-state index contributed by atoms with van der Waals surface area (Å²) in [6.07, 6.45) is 6.85. The zero-order valence-corrected chi connectivity index (χ0v) is 19.2. The highest BCUT2D eigenvalue weighted by atomic mass is 16.2. The number of piperidine rings is 2. The van der Waals surface area contributed by atoms with Gasteiger partial charge in [-0.1, -0.05) is 24.3 Å². The van der Waals surface area contributed by atoms with E-state index in [-0.39, 0.29) is 23.6 Å². The largest absolute Gasteiger partial charge is 0.369 e. The van der Waals surface area contributed by atoms with E-state index in [1.54, 1.807) is 36.4 Å². The molecule has 33 heavy (non-hydrogen) atoms. The van der Waals surface area contributed by atoms with Crippen LogP contribution in [0.5, 0.6) is 0 Å². The minimum Gasteiger partial charge on any atom is -0.369 e. The number of hydrogen-bond acceptors (Lipinski definition) is 4. The highest BCUT2D eigenvalue weighted by Crippen LogP contribution is 2.38. The molecule has 0 unspecified atom stereocenters. The van der Waals surface area contributed by atoms with Crippen LogP contribution in [0, 0.1) is 5.41 Å². The Balaban J connectivity index is 1.51. The minimum absolute atomic E-state index is 0.0619. The van der Waals surface area contributed by atoms with Crippen LogP contribution in [0.2, 0.25) is 0 Å². The molecule has 1 aromatic heterocycles. The van der Waals surface area contributed by atoms with Gasteiger partial charge in [0.05, 0.1) is 11.0 Å². The molecule has 0 radical (unpaired) electrons. The molecule has 2 aromatic rings. The first-order chi connectivity index (χ1) is 15.9. The SMILES string of the molecule is CC(=O)N1CCC[C@@H](c2ccccc2CC2(C(N)=O)CCN(C(=O)c3cccnc3)CC2)C1. The van der Waals surface area contributed by atoms with Gasteiger partial charge in [-0.2, -0.15) is 0 Å². The fourth-order valence-corrected chi connectivity index (χ4v) is 5.29. The van der Waals surface area contributed by atoms with E-state index in [9.17, 15) is 14.4 Å². The average molecular weight is 449 g/mol. The second kappa shape index (κ2) is 9.73. The molecule has 2 aliphatic rings. The monoisotopic (exact) mass is 448 g/mol. The van der Waals surface area contributed by atoms with Crippen molar-refractivity contribution in [3.8, 4) is 0 Å².